The van der Waals surface area contributed by atoms with Gasteiger partial charge in [0.05, 0.1) is 27.7 Å². The molecule has 0 bridgehead atoms. The lowest BCUT2D eigenvalue weighted by Gasteiger charge is -2.28. The molecule has 298 valence electrons. The highest BCUT2D eigenvalue weighted by atomic mass is 31.2. The van der Waals surface area contributed by atoms with Crippen LogP contribution in [0.3, 0.4) is 0 Å². The van der Waals surface area contributed by atoms with Crippen LogP contribution in [0.5, 0.6) is 0 Å². The van der Waals surface area contributed by atoms with Gasteiger partial charge in [-0.25, -0.2) is 0 Å². The van der Waals surface area contributed by atoms with Crippen LogP contribution in [0.1, 0.15) is 194 Å². The maximum Gasteiger partial charge on any atom is 0.306 e. The van der Waals surface area contributed by atoms with Crippen LogP contribution < -0.4 is 4.89 Å². The van der Waals surface area contributed by atoms with Crippen LogP contribution in [-0.4, -0.2) is 70.0 Å². The molecule has 0 aliphatic heterocycles. The zero-order valence-corrected chi connectivity index (χ0v) is 34.3. The molecular formula is C40H80NO8P. The fourth-order valence-corrected chi connectivity index (χ4v) is 6.56. The summed E-state index contributed by atoms with van der Waals surface area (Å²) in [6.07, 6.45) is 31.4. The minimum atomic E-state index is -4.61. The number of unbranched alkanes of at least 4 members (excludes halogenated alkanes) is 24. The van der Waals surface area contributed by atoms with Gasteiger partial charge in [0.2, 0.25) is 0 Å². The first-order valence-corrected chi connectivity index (χ1v) is 22.2. The molecule has 0 spiro atoms. The fraction of sp³-hybridized carbons (Fsp3) is 0.950. The van der Waals surface area contributed by atoms with Crippen molar-refractivity contribution < 1.29 is 42.1 Å². The van der Waals surface area contributed by atoms with E-state index < -0.39 is 26.5 Å². The van der Waals surface area contributed by atoms with Crippen molar-refractivity contribution in [3.63, 3.8) is 0 Å². The molecule has 10 heteroatoms. The Hall–Kier alpha value is -0.990. The van der Waals surface area contributed by atoms with Crippen LogP contribution >= 0.6 is 7.82 Å². The van der Waals surface area contributed by atoms with E-state index in [1.54, 1.807) is 0 Å². The van der Waals surface area contributed by atoms with E-state index in [0.29, 0.717) is 17.4 Å². The van der Waals surface area contributed by atoms with E-state index in [4.69, 9.17) is 18.5 Å². The average molecular weight is 734 g/mol. The van der Waals surface area contributed by atoms with Crippen molar-refractivity contribution in [3.05, 3.63) is 0 Å². The molecule has 0 aromatic heterocycles. The van der Waals surface area contributed by atoms with Crippen LogP contribution in [0.2, 0.25) is 0 Å². The number of hydrogen-bond acceptors (Lipinski definition) is 8. The van der Waals surface area contributed by atoms with Crippen molar-refractivity contribution in [3.8, 4) is 0 Å². The summed E-state index contributed by atoms with van der Waals surface area (Å²) in [5, 5.41) is 0. The highest BCUT2D eigenvalue weighted by Gasteiger charge is 2.21. The van der Waals surface area contributed by atoms with Gasteiger partial charge in [-0.2, -0.15) is 0 Å². The molecule has 9 nitrogen and oxygen atoms in total. The Morgan fingerprint density at radius 1 is 0.540 bits per heavy atom. The van der Waals surface area contributed by atoms with Gasteiger partial charge in [-0.1, -0.05) is 168 Å². The summed E-state index contributed by atoms with van der Waals surface area (Å²) in [6.45, 7) is 4.21. The lowest BCUT2D eigenvalue weighted by Crippen LogP contribution is -2.37. The topological polar surface area (TPSA) is 111 Å². The number of carbonyl (C=O) groups is 2. The Morgan fingerprint density at radius 2 is 0.900 bits per heavy atom. The maximum absolute atomic E-state index is 12.5. The predicted octanol–water partition coefficient (Wildman–Crippen LogP) is 10.6. The van der Waals surface area contributed by atoms with E-state index in [-0.39, 0.29) is 32.0 Å². The van der Waals surface area contributed by atoms with Crippen molar-refractivity contribution in [2.45, 2.75) is 200 Å². The third kappa shape index (κ3) is 36.8. The molecule has 0 aromatic carbocycles. The molecule has 0 fully saturated rings. The Balaban J connectivity index is 4.22. The number of hydrogen-bond donors (Lipinski definition) is 0. The van der Waals surface area contributed by atoms with Crippen LogP contribution in [0, 0.1) is 0 Å². The summed E-state index contributed by atoms with van der Waals surface area (Å²) in [5.74, 6) is -0.828. The summed E-state index contributed by atoms with van der Waals surface area (Å²) < 4.78 is 33.7. The van der Waals surface area contributed by atoms with E-state index in [1.165, 1.54) is 122 Å². The number of esters is 2. The molecule has 0 rings (SSSR count). The molecule has 2 atom stereocenters. The van der Waals surface area contributed by atoms with Gasteiger partial charge in [0.1, 0.15) is 19.8 Å². The highest BCUT2D eigenvalue weighted by molar-refractivity contribution is 7.45. The number of ether oxygens (including phenoxy) is 2. The maximum atomic E-state index is 12.5. The molecule has 0 aliphatic carbocycles. The number of quaternary nitrogens is 1. The standard InChI is InChI=1S/C40H80NO8P/c1-6-8-10-12-14-16-17-18-19-20-21-22-23-24-25-27-28-30-32-39(42)46-36-38(37-48-50(44,45)47-35-34-41(3,4)5)49-40(43)33-31-29-26-15-13-11-9-7-2/h38H,6-37H2,1-5H3/t38-/m0/s1. The van der Waals surface area contributed by atoms with E-state index in [2.05, 4.69) is 13.8 Å². The SMILES string of the molecule is CCCCCCCCCCCCCCCCCCCCC(=O)OC[C@@H](COP(=O)([O-])OCC[N+](C)(C)C)OC(=O)CCCCCCCCCC. The molecule has 0 saturated heterocycles. The number of phosphoric acid groups is 1. The third-order valence-corrected chi connectivity index (χ3v) is 10.1. The van der Waals surface area contributed by atoms with Crippen molar-refractivity contribution >= 4 is 19.8 Å². The Morgan fingerprint density at radius 3 is 1.28 bits per heavy atom. The number of nitrogens with zero attached hydrogens (tertiary/aromatic N) is 1. The van der Waals surface area contributed by atoms with Crippen molar-refractivity contribution in [1.82, 2.24) is 0 Å². The molecule has 50 heavy (non-hydrogen) atoms. The lowest BCUT2D eigenvalue weighted by molar-refractivity contribution is -0.870. The minimum Gasteiger partial charge on any atom is -0.756 e. The van der Waals surface area contributed by atoms with Crippen molar-refractivity contribution in [2.75, 3.05) is 47.5 Å². The molecule has 0 aliphatic rings. The van der Waals surface area contributed by atoms with Gasteiger partial charge in [0, 0.05) is 12.8 Å². The van der Waals surface area contributed by atoms with E-state index in [1.807, 2.05) is 21.1 Å². The van der Waals surface area contributed by atoms with E-state index in [0.717, 1.165) is 38.5 Å². The summed E-state index contributed by atoms with van der Waals surface area (Å²) >= 11 is 0. The van der Waals surface area contributed by atoms with Gasteiger partial charge in [-0.3, -0.25) is 14.2 Å². The second-order valence-electron chi connectivity index (χ2n) is 15.4. The molecule has 0 amide bonds. The second-order valence-corrected chi connectivity index (χ2v) is 16.8. The normalized spacial score (nSPS) is 13.6. The van der Waals surface area contributed by atoms with Gasteiger partial charge in [-0.15, -0.1) is 0 Å². The average Bonchev–Trinajstić information content (AvgIpc) is 3.06. The molecule has 1 unspecified atom stereocenters. The first-order chi connectivity index (χ1) is 24.0. The van der Waals surface area contributed by atoms with Crippen LogP contribution in [0.15, 0.2) is 0 Å². The van der Waals surface area contributed by atoms with Crippen LogP contribution in [0.25, 0.3) is 0 Å². The lowest BCUT2D eigenvalue weighted by atomic mass is 10.0. The smallest absolute Gasteiger partial charge is 0.306 e. The van der Waals surface area contributed by atoms with Gasteiger partial charge in [0.15, 0.2) is 6.10 Å². The number of likely N-dealkylation sites (N-methyl/N-ethyl adjacent to an activating group) is 1. The van der Waals surface area contributed by atoms with E-state index in [9.17, 15) is 19.0 Å². The predicted molar refractivity (Wildman–Crippen MR) is 204 cm³/mol. The third-order valence-electron chi connectivity index (χ3n) is 9.13. The molecule has 0 aromatic rings. The van der Waals surface area contributed by atoms with Gasteiger partial charge >= 0.3 is 11.9 Å². The zero-order chi connectivity index (χ0) is 37.2. The Bertz CT molecular complexity index is 835. The fourth-order valence-electron chi connectivity index (χ4n) is 5.83. The van der Waals surface area contributed by atoms with Crippen molar-refractivity contribution in [1.29, 1.82) is 0 Å². The zero-order valence-electron chi connectivity index (χ0n) is 33.4. The molecule has 0 N–H and O–H groups in total. The Labute approximate surface area is 308 Å². The first-order valence-electron chi connectivity index (χ1n) is 20.7. The number of rotatable bonds is 38. The molecular weight excluding hydrogens is 653 g/mol. The Kier molecular flexibility index (Phi) is 33.2. The van der Waals surface area contributed by atoms with Crippen LogP contribution in [-0.2, 0) is 32.7 Å². The molecule has 0 heterocycles. The van der Waals surface area contributed by atoms with Crippen LogP contribution in [0.4, 0.5) is 0 Å². The molecule has 0 saturated carbocycles. The summed E-state index contributed by atoms with van der Waals surface area (Å²) in [7, 11) is 1.18. The first kappa shape index (κ1) is 49.0. The summed E-state index contributed by atoms with van der Waals surface area (Å²) in [4.78, 5) is 37.3. The van der Waals surface area contributed by atoms with E-state index >= 15 is 0 Å². The summed E-state index contributed by atoms with van der Waals surface area (Å²) in [6, 6.07) is 0. The number of carbonyl (C=O) groups excluding carboxylic acids is 2. The summed E-state index contributed by atoms with van der Waals surface area (Å²) in [5.41, 5.74) is 0. The van der Waals surface area contributed by atoms with Gasteiger partial charge < -0.3 is 27.9 Å². The second kappa shape index (κ2) is 33.8. The number of phosphoric ester groups is 1. The largest absolute Gasteiger partial charge is 0.756 e. The van der Waals surface area contributed by atoms with Gasteiger partial charge in [0.25, 0.3) is 7.82 Å². The monoisotopic (exact) mass is 734 g/mol. The highest BCUT2D eigenvalue weighted by Crippen LogP contribution is 2.38. The van der Waals surface area contributed by atoms with Gasteiger partial charge in [-0.05, 0) is 12.8 Å². The molecule has 0 radical (unpaired) electrons. The minimum absolute atomic E-state index is 0.0262. The quantitative estimate of drug-likeness (QED) is 0.0267. The van der Waals surface area contributed by atoms with Crippen molar-refractivity contribution in [2.24, 2.45) is 0 Å².